The largest absolute Gasteiger partial charge is 0.454 e. The maximum absolute atomic E-state index is 11.4. The minimum absolute atomic E-state index is 0.280. The molecule has 0 spiro atoms. The predicted molar refractivity (Wildman–Crippen MR) is 75.3 cm³/mol. The molecule has 0 heterocycles. The third-order valence-electron chi connectivity index (χ3n) is 2.84. The van der Waals surface area contributed by atoms with Crippen molar-refractivity contribution in [1.82, 2.24) is 0 Å². The van der Waals surface area contributed by atoms with Gasteiger partial charge in [0.05, 0.1) is 11.3 Å². The molecule has 0 saturated carbocycles. The van der Waals surface area contributed by atoms with Crippen molar-refractivity contribution in [2.75, 3.05) is 5.73 Å². The number of ether oxygens (including phenoxy) is 1. The Morgan fingerprint density at radius 3 is 2.63 bits per heavy atom. The number of nitrogen functional groups attached to an aromatic ring is 1. The van der Waals surface area contributed by atoms with Crippen molar-refractivity contribution >= 4 is 11.6 Å². The van der Waals surface area contributed by atoms with Crippen LogP contribution in [-0.2, 0) is 6.42 Å². The fourth-order valence-corrected chi connectivity index (χ4v) is 1.81. The molecule has 0 saturated heterocycles. The topological polar surface area (TPSA) is 78.3 Å². The molecule has 0 aliphatic rings. The fourth-order valence-electron chi connectivity index (χ4n) is 1.81. The summed E-state index contributed by atoms with van der Waals surface area (Å²) in [5.41, 5.74) is 13.0. The van der Waals surface area contributed by atoms with Gasteiger partial charge < -0.3 is 16.2 Å². The first-order valence-electron chi connectivity index (χ1n) is 6.07. The summed E-state index contributed by atoms with van der Waals surface area (Å²) in [6.45, 7) is 2.06. The summed E-state index contributed by atoms with van der Waals surface area (Å²) in [7, 11) is 0. The van der Waals surface area contributed by atoms with E-state index in [1.165, 1.54) is 0 Å². The monoisotopic (exact) mass is 256 g/mol. The van der Waals surface area contributed by atoms with Crippen molar-refractivity contribution in [2.24, 2.45) is 5.73 Å². The summed E-state index contributed by atoms with van der Waals surface area (Å²) < 4.78 is 5.72. The van der Waals surface area contributed by atoms with E-state index in [-0.39, 0.29) is 5.56 Å². The Bertz CT molecular complexity index is 609. The molecule has 2 aromatic carbocycles. The SMILES string of the molecule is CCc1cccc(Oc2c(N)cccc2C(N)=O)c1. The first-order valence-corrected chi connectivity index (χ1v) is 6.07. The summed E-state index contributed by atoms with van der Waals surface area (Å²) in [6.07, 6.45) is 0.907. The van der Waals surface area contributed by atoms with E-state index in [4.69, 9.17) is 16.2 Å². The summed E-state index contributed by atoms with van der Waals surface area (Å²) in [5, 5.41) is 0. The Morgan fingerprint density at radius 2 is 1.95 bits per heavy atom. The van der Waals surface area contributed by atoms with Crippen LogP contribution in [0.4, 0.5) is 5.69 Å². The van der Waals surface area contributed by atoms with Crippen LogP contribution >= 0.6 is 0 Å². The molecule has 4 nitrogen and oxygen atoms in total. The van der Waals surface area contributed by atoms with Gasteiger partial charge in [-0.2, -0.15) is 0 Å². The fraction of sp³-hybridized carbons (Fsp3) is 0.133. The molecule has 0 aliphatic heterocycles. The zero-order valence-corrected chi connectivity index (χ0v) is 10.7. The second kappa shape index (κ2) is 5.44. The molecule has 19 heavy (non-hydrogen) atoms. The minimum atomic E-state index is -0.561. The Hall–Kier alpha value is -2.49. The number of benzene rings is 2. The normalized spacial score (nSPS) is 10.2. The summed E-state index contributed by atoms with van der Waals surface area (Å²) in [4.78, 5) is 11.4. The van der Waals surface area contributed by atoms with E-state index in [1.807, 2.05) is 24.3 Å². The van der Waals surface area contributed by atoms with Crippen LogP contribution in [0.15, 0.2) is 42.5 Å². The predicted octanol–water partition coefficient (Wildman–Crippen LogP) is 2.72. The summed E-state index contributed by atoms with van der Waals surface area (Å²) in [6, 6.07) is 12.6. The average Bonchev–Trinajstić information content (AvgIpc) is 2.41. The number of carbonyl (C=O) groups is 1. The molecule has 0 aromatic heterocycles. The quantitative estimate of drug-likeness (QED) is 0.825. The van der Waals surface area contributed by atoms with E-state index in [1.54, 1.807) is 18.2 Å². The van der Waals surface area contributed by atoms with Crippen LogP contribution in [0.5, 0.6) is 11.5 Å². The van der Waals surface area contributed by atoms with Crippen LogP contribution in [0, 0.1) is 0 Å². The molecule has 0 atom stereocenters. The van der Waals surface area contributed by atoms with Gasteiger partial charge in [0, 0.05) is 0 Å². The lowest BCUT2D eigenvalue weighted by Gasteiger charge is -2.12. The molecule has 2 aromatic rings. The maximum atomic E-state index is 11.4. The van der Waals surface area contributed by atoms with Crippen molar-refractivity contribution in [3.8, 4) is 11.5 Å². The molecule has 1 amide bonds. The van der Waals surface area contributed by atoms with Gasteiger partial charge in [-0.3, -0.25) is 4.79 Å². The smallest absolute Gasteiger partial charge is 0.252 e. The number of carbonyl (C=O) groups excluding carboxylic acids is 1. The standard InChI is InChI=1S/C15H16N2O2/c1-2-10-5-3-6-11(9-10)19-14-12(15(17)18)7-4-8-13(14)16/h3-9H,2,16H2,1H3,(H2,17,18). The summed E-state index contributed by atoms with van der Waals surface area (Å²) >= 11 is 0. The highest BCUT2D eigenvalue weighted by molar-refractivity contribution is 5.97. The zero-order valence-electron chi connectivity index (χ0n) is 10.7. The third kappa shape index (κ3) is 2.85. The van der Waals surface area contributed by atoms with Crippen molar-refractivity contribution in [2.45, 2.75) is 13.3 Å². The number of hydrogen-bond acceptors (Lipinski definition) is 3. The van der Waals surface area contributed by atoms with Crippen LogP contribution < -0.4 is 16.2 Å². The highest BCUT2D eigenvalue weighted by Gasteiger charge is 2.13. The van der Waals surface area contributed by atoms with Gasteiger partial charge in [-0.25, -0.2) is 0 Å². The lowest BCUT2D eigenvalue weighted by atomic mass is 10.1. The van der Waals surface area contributed by atoms with Crippen LogP contribution in [0.3, 0.4) is 0 Å². The third-order valence-corrected chi connectivity index (χ3v) is 2.84. The first kappa shape index (κ1) is 13.0. The average molecular weight is 256 g/mol. The number of primary amides is 1. The number of amides is 1. The van der Waals surface area contributed by atoms with Gasteiger partial charge in [0.2, 0.25) is 0 Å². The second-order valence-corrected chi connectivity index (χ2v) is 4.19. The number of rotatable bonds is 4. The first-order chi connectivity index (χ1) is 9.11. The van der Waals surface area contributed by atoms with Crippen LogP contribution in [0.1, 0.15) is 22.8 Å². The Balaban J connectivity index is 2.40. The van der Waals surface area contributed by atoms with Gasteiger partial charge in [0.25, 0.3) is 5.91 Å². The van der Waals surface area contributed by atoms with Crippen LogP contribution in [0.2, 0.25) is 0 Å². The van der Waals surface area contributed by atoms with Gasteiger partial charge in [0.1, 0.15) is 5.75 Å². The summed E-state index contributed by atoms with van der Waals surface area (Å²) in [5.74, 6) is 0.386. The molecule has 0 aliphatic carbocycles. The van der Waals surface area contributed by atoms with Gasteiger partial charge in [-0.15, -0.1) is 0 Å². The maximum Gasteiger partial charge on any atom is 0.252 e. The molecule has 0 bridgehead atoms. The van der Waals surface area contributed by atoms with Crippen molar-refractivity contribution in [3.63, 3.8) is 0 Å². The zero-order chi connectivity index (χ0) is 13.8. The van der Waals surface area contributed by atoms with Gasteiger partial charge >= 0.3 is 0 Å². The number of nitrogens with two attached hydrogens (primary N) is 2. The van der Waals surface area contributed by atoms with E-state index in [2.05, 4.69) is 6.92 Å². The molecule has 2 rings (SSSR count). The van der Waals surface area contributed by atoms with Gasteiger partial charge in [-0.05, 0) is 36.2 Å². The highest BCUT2D eigenvalue weighted by atomic mass is 16.5. The van der Waals surface area contributed by atoms with E-state index < -0.39 is 5.91 Å². The Labute approximate surface area is 112 Å². The van der Waals surface area contributed by atoms with Crippen molar-refractivity contribution < 1.29 is 9.53 Å². The number of anilines is 1. The molecule has 4 heteroatoms. The highest BCUT2D eigenvalue weighted by Crippen LogP contribution is 2.31. The molecule has 0 fully saturated rings. The number of aryl methyl sites for hydroxylation is 1. The molecule has 0 radical (unpaired) electrons. The minimum Gasteiger partial charge on any atom is -0.454 e. The van der Waals surface area contributed by atoms with Crippen molar-refractivity contribution in [3.05, 3.63) is 53.6 Å². The molecule has 98 valence electrons. The Kier molecular flexibility index (Phi) is 3.71. The van der Waals surface area contributed by atoms with Crippen molar-refractivity contribution in [1.29, 1.82) is 0 Å². The Morgan fingerprint density at radius 1 is 1.21 bits per heavy atom. The van der Waals surface area contributed by atoms with E-state index in [0.29, 0.717) is 17.2 Å². The van der Waals surface area contributed by atoms with E-state index in [9.17, 15) is 4.79 Å². The lowest BCUT2D eigenvalue weighted by molar-refractivity contribution is 0.0998. The molecular formula is C15H16N2O2. The van der Waals surface area contributed by atoms with Gasteiger partial charge in [0.15, 0.2) is 5.75 Å². The number of para-hydroxylation sites is 1. The van der Waals surface area contributed by atoms with Crippen LogP contribution in [0.25, 0.3) is 0 Å². The lowest BCUT2D eigenvalue weighted by Crippen LogP contribution is -2.13. The van der Waals surface area contributed by atoms with Gasteiger partial charge in [-0.1, -0.05) is 25.1 Å². The molecular weight excluding hydrogens is 240 g/mol. The molecule has 4 N–H and O–H groups in total. The van der Waals surface area contributed by atoms with Crippen LogP contribution in [-0.4, -0.2) is 5.91 Å². The van der Waals surface area contributed by atoms with E-state index >= 15 is 0 Å². The molecule has 0 unspecified atom stereocenters. The van der Waals surface area contributed by atoms with E-state index in [0.717, 1.165) is 12.0 Å². The number of hydrogen-bond donors (Lipinski definition) is 2. The second-order valence-electron chi connectivity index (χ2n) is 4.19.